The summed E-state index contributed by atoms with van der Waals surface area (Å²) in [6.07, 6.45) is 2.24. The number of aliphatic hydroxyl groups is 1. The van der Waals surface area contributed by atoms with E-state index in [2.05, 4.69) is 4.90 Å². The third-order valence-electron chi connectivity index (χ3n) is 3.24. The lowest BCUT2D eigenvalue weighted by atomic mass is 10.1. The lowest BCUT2D eigenvalue weighted by molar-refractivity contribution is 0.0184. The molecule has 100 valence electrons. The third kappa shape index (κ3) is 3.61. The maximum Gasteiger partial charge on any atom is 0.124 e. The zero-order chi connectivity index (χ0) is 13.0. The molecule has 0 amide bonds. The van der Waals surface area contributed by atoms with E-state index in [0.29, 0.717) is 6.10 Å². The predicted octanol–water partition coefficient (Wildman–Crippen LogP) is 2.48. The molecule has 1 heterocycles. The highest BCUT2D eigenvalue weighted by atomic mass is 35.5. The number of halogens is 1. The molecule has 4 heteroatoms. The van der Waals surface area contributed by atoms with Crippen molar-refractivity contribution in [2.75, 3.05) is 26.2 Å². The molecule has 1 N–H and O–H groups in total. The van der Waals surface area contributed by atoms with Gasteiger partial charge in [-0.25, -0.2) is 0 Å². The topological polar surface area (TPSA) is 32.7 Å². The molecule has 0 saturated carbocycles. The van der Waals surface area contributed by atoms with Gasteiger partial charge in [0.05, 0.1) is 0 Å². The van der Waals surface area contributed by atoms with Gasteiger partial charge in [0.2, 0.25) is 0 Å². The average molecular weight is 270 g/mol. The van der Waals surface area contributed by atoms with Gasteiger partial charge in [-0.3, -0.25) is 4.90 Å². The van der Waals surface area contributed by atoms with Crippen LogP contribution in [0.25, 0.3) is 0 Å². The fourth-order valence-electron chi connectivity index (χ4n) is 2.11. The van der Waals surface area contributed by atoms with E-state index in [0.717, 1.165) is 48.8 Å². The number of nitrogens with zero attached hydrogens (tertiary/aromatic N) is 1. The second kappa shape index (κ2) is 6.41. The highest BCUT2D eigenvalue weighted by molar-refractivity contribution is 6.31. The first-order chi connectivity index (χ1) is 8.69. The molecule has 0 aromatic heterocycles. The van der Waals surface area contributed by atoms with Crippen molar-refractivity contribution >= 4 is 11.6 Å². The van der Waals surface area contributed by atoms with Crippen LogP contribution in [-0.2, 0) is 0 Å². The Morgan fingerprint density at radius 1 is 1.39 bits per heavy atom. The van der Waals surface area contributed by atoms with Gasteiger partial charge in [0.15, 0.2) is 0 Å². The Hall–Kier alpha value is -0.770. The summed E-state index contributed by atoms with van der Waals surface area (Å²) in [7, 11) is 0. The van der Waals surface area contributed by atoms with Gasteiger partial charge in [0.25, 0.3) is 0 Å². The number of ether oxygens (including phenoxy) is 1. The van der Waals surface area contributed by atoms with Gasteiger partial charge in [0.1, 0.15) is 11.9 Å². The molecule has 0 radical (unpaired) electrons. The van der Waals surface area contributed by atoms with Gasteiger partial charge in [-0.1, -0.05) is 11.6 Å². The minimum absolute atomic E-state index is 0.290. The van der Waals surface area contributed by atoms with Crippen molar-refractivity contribution in [2.24, 2.45) is 0 Å². The van der Waals surface area contributed by atoms with E-state index in [1.165, 1.54) is 0 Å². The quantitative estimate of drug-likeness (QED) is 0.806. The molecular formula is C14H20ClNO2. The number of unbranched alkanes of at least 4 members (excludes halogenated alkanes) is 1. The molecule has 1 fully saturated rings. The molecule has 0 bridgehead atoms. The van der Waals surface area contributed by atoms with Crippen molar-refractivity contribution in [3.8, 4) is 5.75 Å². The molecule has 0 atom stereocenters. The molecular weight excluding hydrogens is 250 g/mol. The normalized spacial score (nSPS) is 16.6. The van der Waals surface area contributed by atoms with Gasteiger partial charge in [-0.05, 0) is 50.1 Å². The Morgan fingerprint density at radius 2 is 2.17 bits per heavy atom. The Labute approximate surface area is 113 Å². The van der Waals surface area contributed by atoms with Crippen molar-refractivity contribution in [1.29, 1.82) is 0 Å². The average Bonchev–Trinajstić information content (AvgIpc) is 2.30. The summed E-state index contributed by atoms with van der Waals surface area (Å²) in [4.78, 5) is 2.35. The first kappa shape index (κ1) is 13.7. The van der Waals surface area contributed by atoms with Crippen LogP contribution >= 0.6 is 11.6 Å². The lowest BCUT2D eigenvalue weighted by Gasteiger charge is -2.39. The van der Waals surface area contributed by atoms with Crippen LogP contribution in [0.4, 0.5) is 0 Å². The largest absolute Gasteiger partial charge is 0.488 e. The molecule has 0 spiro atoms. The smallest absolute Gasteiger partial charge is 0.124 e. The van der Waals surface area contributed by atoms with Crippen LogP contribution in [0.3, 0.4) is 0 Å². The molecule has 0 aliphatic carbocycles. The second-order valence-electron chi connectivity index (χ2n) is 4.84. The fraction of sp³-hybridized carbons (Fsp3) is 0.571. The Kier molecular flexibility index (Phi) is 4.87. The maximum absolute atomic E-state index is 8.71. The van der Waals surface area contributed by atoms with Gasteiger partial charge in [-0.15, -0.1) is 0 Å². The van der Waals surface area contributed by atoms with E-state index in [9.17, 15) is 0 Å². The van der Waals surface area contributed by atoms with Crippen molar-refractivity contribution < 1.29 is 9.84 Å². The van der Waals surface area contributed by atoms with Crippen molar-refractivity contribution in [3.63, 3.8) is 0 Å². The minimum Gasteiger partial charge on any atom is -0.488 e. The zero-order valence-corrected chi connectivity index (χ0v) is 11.5. The predicted molar refractivity (Wildman–Crippen MR) is 73.4 cm³/mol. The first-order valence-corrected chi connectivity index (χ1v) is 6.83. The number of aliphatic hydroxyl groups excluding tert-OH is 1. The minimum atomic E-state index is 0.290. The Morgan fingerprint density at radius 3 is 2.83 bits per heavy atom. The number of benzene rings is 1. The molecule has 18 heavy (non-hydrogen) atoms. The molecule has 1 aliphatic rings. The summed E-state index contributed by atoms with van der Waals surface area (Å²) in [5.41, 5.74) is 1.05. The van der Waals surface area contributed by atoms with Crippen LogP contribution in [0, 0.1) is 6.92 Å². The van der Waals surface area contributed by atoms with E-state index in [-0.39, 0.29) is 6.61 Å². The molecule has 1 aromatic carbocycles. The summed E-state index contributed by atoms with van der Waals surface area (Å²) in [5.74, 6) is 0.900. The molecule has 1 saturated heterocycles. The third-order valence-corrected chi connectivity index (χ3v) is 3.66. The highest BCUT2D eigenvalue weighted by Crippen LogP contribution is 2.23. The lowest BCUT2D eigenvalue weighted by Crippen LogP contribution is -2.53. The van der Waals surface area contributed by atoms with E-state index in [1.54, 1.807) is 0 Å². The summed E-state index contributed by atoms with van der Waals surface area (Å²) in [6, 6.07) is 5.78. The van der Waals surface area contributed by atoms with Crippen molar-refractivity contribution in [1.82, 2.24) is 4.90 Å². The number of hydrogen-bond donors (Lipinski definition) is 1. The number of rotatable bonds is 6. The SMILES string of the molecule is Cc1cc(OC2CN(CCCCO)C2)ccc1Cl. The number of aryl methyl sites for hydroxylation is 1. The fourth-order valence-corrected chi connectivity index (χ4v) is 2.23. The molecule has 2 rings (SSSR count). The van der Waals surface area contributed by atoms with Gasteiger partial charge in [-0.2, -0.15) is 0 Å². The Balaban J connectivity index is 1.71. The van der Waals surface area contributed by atoms with Crippen LogP contribution < -0.4 is 4.74 Å². The maximum atomic E-state index is 8.71. The summed E-state index contributed by atoms with van der Waals surface area (Å²) < 4.78 is 5.87. The Bertz CT molecular complexity index is 391. The van der Waals surface area contributed by atoms with Crippen molar-refractivity contribution in [3.05, 3.63) is 28.8 Å². The highest BCUT2D eigenvalue weighted by Gasteiger charge is 2.27. The van der Waals surface area contributed by atoms with Crippen LogP contribution in [0.15, 0.2) is 18.2 Å². The van der Waals surface area contributed by atoms with Gasteiger partial charge in [0, 0.05) is 24.7 Å². The van der Waals surface area contributed by atoms with E-state index in [4.69, 9.17) is 21.4 Å². The summed E-state index contributed by atoms with van der Waals surface area (Å²) >= 11 is 5.97. The van der Waals surface area contributed by atoms with E-state index < -0.39 is 0 Å². The van der Waals surface area contributed by atoms with Crippen LogP contribution in [-0.4, -0.2) is 42.4 Å². The molecule has 1 aromatic rings. The van der Waals surface area contributed by atoms with E-state index in [1.807, 2.05) is 25.1 Å². The van der Waals surface area contributed by atoms with Crippen molar-refractivity contribution in [2.45, 2.75) is 25.9 Å². The zero-order valence-electron chi connectivity index (χ0n) is 10.7. The molecule has 0 unspecified atom stereocenters. The standard InChI is InChI=1S/C14H20ClNO2/c1-11-8-12(4-5-14(11)15)18-13-9-16(10-13)6-2-3-7-17/h4-5,8,13,17H,2-3,6-7,9-10H2,1H3. The van der Waals surface area contributed by atoms with Gasteiger partial charge < -0.3 is 9.84 Å². The monoisotopic (exact) mass is 269 g/mol. The van der Waals surface area contributed by atoms with Crippen LogP contribution in [0.2, 0.25) is 5.02 Å². The first-order valence-electron chi connectivity index (χ1n) is 6.45. The van der Waals surface area contributed by atoms with Gasteiger partial charge >= 0.3 is 0 Å². The summed E-state index contributed by atoms with van der Waals surface area (Å²) in [5, 5.41) is 9.49. The van der Waals surface area contributed by atoms with E-state index >= 15 is 0 Å². The summed E-state index contributed by atoms with van der Waals surface area (Å²) in [6.45, 7) is 5.29. The number of hydrogen-bond acceptors (Lipinski definition) is 3. The molecule has 3 nitrogen and oxygen atoms in total. The van der Waals surface area contributed by atoms with Crippen LogP contribution in [0.1, 0.15) is 18.4 Å². The second-order valence-corrected chi connectivity index (χ2v) is 5.25. The van der Waals surface area contributed by atoms with Crippen LogP contribution in [0.5, 0.6) is 5.75 Å². The number of likely N-dealkylation sites (tertiary alicyclic amines) is 1. The molecule has 1 aliphatic heterocycles.